The third kappa shape index (κ3) is 5.76. The summed E-state index contributed by atoms with van der Waals surface area (Å²) in [6.45, 7) is 9.96. The number of hydrogen-bond acceptors (Lipinski definition) is 3. The summed E-state index contributed by atoms with van der Waals surface area (Å²) in [7, 11) is 0. The fourth-order valence-corrected chi connectivity index (χ4v) is 3.33. The van der Waals surface area contributed by atoms with Gasteiger partial charge in [0.05, 0.1) is 6.61 Å². The summed E-state index contributed by atoms with van der Waals surface area (Å²) >= 11 is 0. The third-order valence-electron chi connectivity index (χ3n) is 4.86. The molecule has 21 heavy (non-hydrogen) atoms. The molecule has 2 fully saturated rings. The average Bonchev–Trinajstić information content (AvgIpc) is 2.45. The van der Waals surface area contributed by atoms with E-state index < -0.39 is 0 Å². The molecule has 2 rings (SSSR count). The molecule has 0 bridgehead atoms. The number of amides is 1. The molecule has 1 saturated heterocycles. The minimum atomic E-state index is -0.297. The van der Waals surface area contributed by atoms with Crippen molar-refractivity contribution in [3.8, 4) is 0 Å². The van der Waals surface area contributed by atoms with Crippen molar-refractivity contribution in [1.29, 1.82) is 0 Å². The van der Waals surface area contributed by atoms with Crippen LogP contribution in [0.1, 0.15) is 46.5 Å². The maximum absolute atomic E-state index is 12.0. The zero-order valence-corrected chi connectivity index (χ0v) is 14.4. The Labute approximate surface area is 135 Å². The molecule has 1 heterocycles. The van der Waals surface area contributed by atoms with Gasteiger partial charge in [0, 0.05) is 19.6 Å². The highest BCUT2D eigenvalue weighted by Gasteiger charge is 2.30. The first-order valence-corrected chi connectivity index (χ1v) is 8.07. The van der Waals surface area contributed by atoms with E-state index in [1.165, 1.54) is 25.7 Å². The largest absolute Gasteiger partial charge is 0.366 e. The first-order chi connectivity index (χ1) is 9.47. The van der Waals surface area contributed by atoms with Crippen LogP contribution in [0.5, 0.6) is 0 Å². The van der Waals surface area contributed by atoms with Crippen LogP contribution < -0.4 is 10.6 Å². The highest BCUT2D eigenvalue weighted by molar-refractivity contribution is 5.85. The van der Waals surface area contributed by atoms with Gasteiger partial charge in [-0.1, -0.05) is 20.8 Å². The Morgan fingerprint density at radius 2 is 1.90 bits per heavy atom. The van der Waals surface area contributed by atoms with Crippen molar-refractivity contribution >= 4 is 18.3 Å². The van der Waals surface area contributed by atoms with Gasteiger partial charge in [-0.3, -0.25) is 4.79 Å². The minimum absolute atomic E-state index is 0. The molecule has 1 aliphatic heterocycles. The summed E-state index contributed by atoms with van der Waals surface area (Å²) in [5, 5.41) is 6.26. The minimum Gasteiger partial charge on any atom is -0.366 e. The topological polar surface area (TPSA) is 50.4 Å². The van der Waals surface area contributed by atoms with Crippen LogP contribution in [0.2, 0.25) is 0 Å². The lowest BCUT2D eigenvalue weighted by Crippen LogP contribution is -2.48. The number of rotatable bonds is 3. The van der Waals surface area contributed by atoms with E-state index in [1.807, 2.05) is 0 Å². The molecule has 2 aliphatic rings. The Bertz CT molecular complexity index is 317. The van der Waals surface area contributed by atoms with E-state index in [1.54, 1.807) is 0 Å². The lowest BCUT2D eigenvalue weighted by molar-refractivity contribution is -0.134. The van der Waals surface area contributed by atoms with Gasteiger partial charge in [0.25, 0.3) is 0 Å². The molecule has 0 radical (unpaired) electrons. The van der Waals surface area contributed by atoms with Gasteiger partial charge < -0.3 is 15.4 Å². The van der Waals surface area contributed by atoms with Gasteiger partial charge in [0.15, 0.2) is 0 Å². The quantitative estimate of drug-likeness (QED) is 0.840. The normalized spacial score (nSPS) is 30.3. The van der Waals surface area contributed by atoms with E-state index in [0.29, 0.717) is 24.5 Å². The van der Waals surface area contributed by atoms with E-state index in [9.17, 15) is 4.79 Å². The molecule has 124 valence electrons. The van der Waals surface area contributed by atoms with Gasteiger partial charge in [-0.05, 0) is 42.9 Å². The molecule has 1 unspecified atom stereocenters. The van der Waals surface area contributed by atoms with E-state index in [2.05, 4.69) is 31.4 Å². The van der Waals surface area contributed by atoms with Gasteiger partial charge in [0.2, 0.25) is 5.91 Å². The van der Waals surface area contributed by atoms with Gasteiger partial charge in [0.1, 0.15) is 6.10 Å². The summed E-state index contributed by atoms with van der Waals surface area (Å²) in [4.78, 5) is 12.0. The van der Waals surface area contributed by atoms with E-state index >= 15 is 0 Å². The monoisotopic (exact) mass is 318 g/mol. The highest BCUT2D eigenvalue weighted by Crippen LogP contribution is 2.39. The average molecular weight is 319 g/mol. The van der Waals surface area contributed by atoms with Crippen molar-refractivity contribution in [3.05, 3.63) is 0 Å². The Morgan fingerprint density at radius 1 is 1.24 bits per heavy atom. The second kappa shape index (κ2) is 8.35. The Morgan fingerprint density at radius 3 is 2.43 bits per heavy atom. The first kappa shape index (κ1) is 18.7. The number of carbonyl (C=O) groups excluding carboxylic acids is 1. The van der Waals surface area contributed by atoms with Crippen LogP contribution in [-0.4, -0.2) is 38.3 Å². The number of ether oxygens (including phenoxy) is 1. The van der Waals surface area contributed by atoms with Gasteiger partial charge in [-0.2, -0.15) is 0 Å². The smallest absolute Gasteiger partial charge is 0.250 e. The van der Waals surface area contributed by atoms with Crippen LogP contribution in [0.15, 0.2) is 0 Å². The molecule has 1 atom stereocenters. The second-order valence-corrected chi connectivity index (χ2v) is 7.39. The predicted octanol–water partition coefficient (Wildman–Crippen LogP) is 2.37. The molecule has 0 aromatic rings. The number of carbonyl (C=O) groups is 1. The number of halogens is 1. The summed E-state index contributed by atoms with van der Waals surface area (Å²) < 4.78 is 5.47. The molecule has 2 N–H and O–H groups in total. The molecule has 5 heteroatoms. The van der Waals surface area contributed by atoms with Crippen molar-refractivity contribution < 1.29 is 9.53 Å². The summed E-state index contributed by atoms with van der Waals surface area (Å²) in [6, 6.07) is 0. The maximum atomic E-state index is 12.0. The van der Waals surface area contributed by atoms with Gasteiger partial charge in [-0.25, -0.2) is 0 Å². The fourth-order valence-electron chi connectivity index (χ4n) is 3.33. The SMILES string of the molecule is CC(C)(C)C1CCC(CNC(=O)C2CNCCO2)CC1.Cl. The van der Waals surface area contributed by atoms with Gasteiger partial charge >= 0.3 is 0 Å². The Balaban J connectivity index is 0.00000220. The van der Waals surface area contributed by atoms with Crippen LogP contribution >= 0.6 is 12.4 Å². The molecular weight excluding hydrogens is 288 g/mol. The van der Waals surface area contributed by atoms with E-state index in [4.69, 9.17) is 4.74 Å². The number of morpholine rings is 1. The molecule has 0 spiro atoms. The van der Waals surface area contributed by atoms with Crippen molar-refractivity contribution in [2.45, 2.75) is 52.6 Å². The van der Waals surface area contributed by atoms with Crippen LogP contribution in [-0.2, 0) is 9.53 Å². The number of hydrogen-bond donors (Lipinski definition) is 2. The second-order valence-electron chi connectivity index (χ2n) is 7.39. The number of nitrogens with one attached hydrogen (secondary N) is 2. The molecule has 0 aromatic heterocycles. The lowest BCUT2D eigenvalue weighted by atomic mass is 9.70. The maximum Gasteiger partial charge on any atom is 0.250 e. The lowest BCUT2D eigenvalue weighted by Gasteiger charge is -2.37. The van der Waals surface area contributed by atoms with Crippen molar-refractivity contribution in [2.24, 2.45) is 17.3 Å². The predicted molar refractivity (Wildman–Crippen MR) is 87.8 cm³/mol. The van der Waals surface area contributed by atoms with Gasteiger partial charge in [-0.15, -0.1) is 12.4 Å². The van der Waals surface area contributed by atoms with Crippen molar-refractivity contribution in [1.82, 2.24) is 10.6 Å². The first-order valence-electron chi connectivity index (χ1n) is 8.07. The van der Waals surface area contributed by atoms with Crippen molar-refractivity contribution in [3.63, 3.8) is 0 Å². The Hall–Kier alpha value is -0.320. The van der Waals surface area contributed by atoms with Crippen LogP contribution in [0.4, 0.5) is 0 Å². The van der Waals surface area contributed by atoms with E-state index in [-0.39, 0.29) is 24.4 Å². The molecule has 1 saturated carbocycles. The zero-order valence-electron chi connectivity index (χ0n) is 13.6. The molecule has 0 aromatic carbocycles. The Kier molecular flexibility index (Phi) is 7.45. The van der Waals surface area contributed by atoms with Crippen molar-refractivity contribution in [2.75, 3.05) is 26.2 Å². The van der Waals surface area contributed by atoms with Crippen LogP contribution in [0.25, 0.3) is 0 Å². The zero-order chi connectivity index (χ0) is 14.6. The van der Waals surface area contributed by atoms with Crippen LogP contribution in [0.3, 0.4) is 0 Å². The molecule has 1 amide bonds. The summed E-state index contributed by atoms with van der Waals surface area (Å²) in [5.74, 6) is 1.53. The summed E-state index contributed by atoms with van der Waals surface area (Å²) in [6.07, 6.45) is 4.78. The molecule has 1 aliphatic carbocycles. The fraction of sp³-hybridized carbons (Fsp3) is 0.938. The highest BCUT2D eigenvalue weighted by atomic mass is 35.5. The molecular formula is C16H31ClN2O2. The van der Waals surface area contributed by atoms with Crippen LogP contribution in [0, 0.1) is 17.3 Å². The molecule has 4 nitrogen and oxygen atoms in total. The third-order valence-corrected chi connectivity index (χ3v) is 4.86. The van der Waals surface area contributed by atoms with E-state index in [0.717, 1.165) is 19.0 Å². The summed E-state index contributed by atoms with van der Waals surface area (Å²) in [5.41, 5.74) is 0.426. The standard InChI is InChI=1S/C16H30N2O2.ClH/c1-16(2,3)13-6-4-12(5-7-13)10-18-15(19)14-11-17-8-9-20-14;/h12-14,17H,4-11H2,1-3H3,(H,18,19);1H.